The minimum atomic E-state index is -0.453. The highest BCUT2D eigenvalue weighted by Crippen LogP contribution is 2.31. The Kier molecular flexibility index (Phi) is 3.63. The van der Waals surface area contributed by atoms with Crippen LogP contribution in [0.3, 0.4) is 0 Å². The number of hydrogen-bond acceptors (Lipinski definition) is 2. The number of hydrogen-bond donors (Lipinski definition) is 0. The van der Waals surface area contributed by atoms with Gasteiger partial charge >= 0.3 is 5.97 Å². The first-order chi connectivity index (χ1) is 8.63. The van der Waals surface area contributed by atoms with Crippen LogP contribution in [0.15, 0.2) is 42.5 Å². The first-order valence-electron chi connectivity index (χ1n) is 5.26. The van der Waals surface area contributed by atoms with Crippen LogP contribution < -0.4 is 0 Å². The molecule has 0 aliphatic heterocycles. The molecule has 0 amide bonds. The van der Waals surface area contributed by atoms with Gasteiger partial charge < -0.3 is 4.74 Å². The Morgan fingerprint density at radius 1 is 1.17 bits per heavy atom. The fraction of sp³-hybridized carbons (Fsp3) is 0.0714. The van der Waals surface area contributed by atoms with Crippen molar-refractivity contribution < 1.29 is 13.9 Å². The first kappa shape index (κ1) is 12.6. The summed E-state index contributed by atoms with van der Waals surface area (Å²) in [4.78, 5) is 11.6. The average Bonchev–Trinajstić information content (AvgIpc) is 2.38. The second-order valence-electron chi connectivity index (χ2n) is 3.66. The summed E-state index contributed by atoms with van der Waals surface area (Å²) in [7, 11) is 1.31. The van der Waals surface area contributed by atoms with Gasteiger partial charge in [-0.05, 0) is 29.8 Å². The molecule has 0 aromatic heterocycles. The van der Waals surface area contributed by atoms with Crippen molar-refractivity contribution in [1.82, 2.24) is 0 Å². The highest BCUT2D eigenvalue weighted by Gasteiger charge is 2.14. The van der Waals surface area contributed by atoms with Gasteiger partial charge in [0.15, 0.2) is 0 Å². The second-order valence-corrected chi connectivity index (χ2v) is 4.07. The molecule has 4 heteroatoms. The topological polar surface area (TPSA) is 26.3 Å². The number of rotatable bonds is 2. The molecule has 0 bridgehead atoms. The quantitative estimate of drug-likeness (QED) is 0.768. The third-order valence-corrected chi connectivity index (χ3v) is 2.87. The van der Waals surface area contributed by atoms with Crippen LogP contribution in [0.1, 0.15) is 10.4 Å². The molecule has 0 aliphatic rings. The summed E-state index contributed by atoms with van der Waals surface area (Å²) < 4.78 is 17.7. The molecule has 2 aromatic carbocycles. The minimum Gasteiger partial charge on any atom is -0.465 e. The molecule has 0 heterocycles. The Morgan fingerprint density at radius 3 is 2.56 bits per heavy atom. The SMILES string of the molecule is COC(=O)c1ccccc1-c1ccc(F)cc1Cl. The molecule has 92 valence electrons. The van der Waals surface area contributed by atoms with Crippen LogP contribution >= 0.6 is 11.6 Å². The predicted molar refractivity (Wildman–Crippen MR) is 68.2 cm³/mol. The molecule has 2 nitrogen and oxygen atoms in total. The van der Waals surface area contributed by atoms with Crippen LogP contribution in [0, 0.1) is 5.82 Å². The number of benzene rings is 2. The maximum absolute atomic E-state index is 13.0. The zero-order valence-electron chi connectivity index (χ0n) is 9.61. The standard InChI is InChI=1S/C14H10ClFO2/c1-18-14(17)12-5-3-2-4-10(12)11-7-6-9(16)8-13(11)15/h2-8H,1H3. The molecule has 2 rings (SSSR count). The molecule has 0 saturated heterocycles. The van der Waals surface area contributed by atoms with Gasteiger partial charge in [-0.2, -0.15) is 0 Å². The van der Waals surface area contributed by atoms with E-state index in [-0.39, 0.29) is 5.02 Å². The van der Waals surface area contributed by atoms with E-state index in [1.165, 1.54) is 19.2 Å². The number of esters is 1. The van der Waals surface area contributed by atoms with E-state index in [0.717, 1.165) is 0 Å². The summed E-state index contributed by atoms with van der Waals surface area (Å²) in [6, 6.07) is 10.9. The van der Waals surface area contributed by atoms with Crippen LogP contribution in [-0.4, -0.2) is 13.1 Å². The van der Waals surface area contributed by atoms with E-state index in [1.807, 2.05) is 0 Å². The van der Waals surface area contributed by atoms with Crippen LogP contribution in [-0.2, 0) is 4.74 Å². The Hall–Kier alpha value is -1.87. The number of methoxy groups -OCH3 is 1. The van der Waals surface area contributed by atoms with Crippen LogP contribution in [0.5, 0.6) is 0 Å². The van der Waals surface area contributed by atoms with Gasteiger partial charge in [-0.1, -0.05) is 29.8 Å². The third kappa shape index (κ3) is 2.36. The summed E-state index contributed by atoms with van der Waals surface area (Å²) in [6.07, 6.45) is 0. The van der Waals surface area contributed by atoms with Gasteiger partial charge in [0, 0.05) is 5.56 Å². The Bertz CT molecular complexity index is 596. The molecule has 2 aromatic rings. The molecule has 0 atom stereocenters. The van der Waals surface area contributed by atoms with Crippen LogP contribution in [0.4, 0.5) is 4.39 Å². The number of carbonyl (C=O) groups excluding carboxylic acids is 1. The minimum absolute atomic E-state index is 0.256. The van der Waals surface area contributed by atoms with Crippen LogP contribution in [0.25, 0.3) is 11.1 Å². The lowest BCUT2D eigenvalue weighted by atomic mass is 9.99. The molecule has 0 spiro atoms. The highest BCUT2D eigenvalue weighted by atomic mass is 35.5. The summed E-state index contributed by atoms with van der Waals surface area (Å²) in [6.45, 7) is 0. The van der Waals surface area contributed by atoms with Crippen molar-refractivity contribution >= 4 is 17.6 Å². The van der Waals surface area contributed by atoms with Gasteiger partial charge in [0.25, 0.3) is 0 Å². The smallest absolute Gasteiger partial charge is 0.338 e. The van der Waals surface area contributed by atoms with Gasteiger partial charge in [0.05, 0.1) is 17.7 Å². The molecular formula is C14H10ClFO2. The fourth-order valence-corrected chi connectivity index (χ4v) is 1.98. The second kappa shape index (κ2) is 5.19. The predicted octanol–water partition coefficient (Wildman–Crippen LogP) is 3.93. The van der Waals surface area contributed by atoms with Crippen molar-refractivity contribution in [3.8, 4) is 11.1 Å². The van der Waals surface area contributed by atoms with Crippen molar-refractivity contribution in [3.63, 3.8) is 0 Å². The monoisotopic (exact) mass is 264 g/mol. The van der Waals surface area contributed by atoms with Crippen LogP contribution in [0.2, 0.25) is 5.02 Å². The number of carbonyl (C=O) groups is 1. The highest BCUT2D eigenvalue weighted by molar-refractivity contribution is 6.33. The molecule has 0 unspecified atom stereocenters. The summed E-state index contributed by atoms with van der Waals surface area (Å²) in [5.41, 5.74) is 1.61. The van der Waals surface area contributed by atoms with Crippen molar-refractivity contribution in [3.05, 3.63) is 58.9 Å². The fourth-order valence-electron chi connectivity index (χ4n) is 1.71. The number of ether oxygens (including phenoxy) is 1. The van der Waals surface area contributed by atoms with E-state index in [0.29, 0.717) is 16.7 Å². The maximum atomic E-state index is 13.0. The third-order valence-electron chi connectivity index (χ3n) is 2.55. The average molecular weight is 265 g/mol. The van der Waals surface area contributed by atoms with Crippen molar-refractivity contribution in [2.75, 3.05) is 7.11 Å². The summed E-state index contributed by atoms with van der Waals surface area (Å²) in [5.74, 6) is -0.870. The van der Waals surface area contributed by atoms with Gasteiger partial charge in [0.1, 0.15) is 5.82 Å². The summed E-state index contributed by atoms with van der Waals surface area (Å²) >= 11 is 5.99. The van der Waals surface area contributed by atoms with Gasteiger partial charge in [0.2, 0.25) is 0 Å². The lowest BCUT2D eigenvalue weighted by Crippen LogP contribution is -2.03. The lowest BCUT2D eigenvalue weighted by Gasteiger charge is -2.09. The zero-order chi connectivity index (χ0) is 13.1. The van der Waals surface area contributed by atoms with Gasteiger partial charge in [-0.15, -0.1) is 0 Å². The largest absolute Gasteiger partial charge is 0.465 e. The molecule has 0 saturated carbocycles. The molecule has 0 aliphatic carbocycles. The Morgan fingerprint density at radius 2 is 1.89 bits per heavy atom. The summed E-state index contributed by atoms with van der Waals surface area (Å²) in [5, 5.41) is 0.256. The van der Waals surface area contributed by atoms with E-state index in [4.69, 9.17) is 16.3 Å². The van der Waals surface area contributed by atoms with Gasteiger partial charge in [-0.25, -0.2) is 9.18 Å². The van der Waals surface area contributed by atoms with E-state index in [9.17, 15) is 9.18 Å². The molecule has 0 fully saturated rings. The molecule has 0 N–H and O–H groups in total. The van der Waals surface area contributed by atoms with Crippen molar-refractivity contribution in [1.29, 1.82) is 0 Å². The Labute approximate surface area is 109 Å². The molecule has 18 heavy (non-hydrogen) atoms. The van der Waals surface area contributed by atoms with E-state index in [1.54, 1.807) is 30.3 Å². The molecule has 0 radical (unpaired) electrons. The molecular weight excluding hydrogens is 255 g/mol. The van der Waals surface area contributed by atoms with Crippen molar-refractivity contribution in [2.45, 2.75) is 0 Å². The maximum Gasteiger partial charge on any atom is 0.338 e. The van der Waals surface area contributed by atoms with E-state index in [2.05, 4.69) is 0 Å². The van der Waals surface area contributed by atoms with Gasteiger partial charge in [-0.3, -0.25) is 0 Å². The van der Waals surface area contributed by atoms with E-state index >= 15 is 0 Å². The first-order valence-corrected chi connectivity index (χ1v) is 5.64. The van der Waals surface area contributed by atoms with Crippen molar-refractivity contribution in [2.24, 2.45) is 0 Å². The lowest BCUT2D eigenvalue weighted by molar-refractivity contribution is 0.0601. The number of halogens is 2. The van der Waals surface area contributed by atoms with E-state index < -0.39 is 11.8 Å². The zero-order valence-corrected chi connectivity index (χ0v) is 10.4. The normalized spacial score (nSPS) is 10.2. The Balaban J connectivity index is 2.60.